The molecule has 0 spiro atoms. The Bertz CT molecular complexity index is 549. The van der Waals surface area contributed by atoms with Crippen molar-refractivity contribution in [2.45, 2.75) is 17.9 Å². The van der Waals surface area contributed by atoms with Gasteiger partial charge in [-0.2, -0.15) is 0 Å². The number of Topliss-reactive ketones (excluding diaryl/α,β-unsaturated/α-hetero) is 1. The Labute approximate surface area is 121 Å². The van der Waals surface area contributed by atoms with Crippen LogP contribution in [0.2, 0.25) is 0 Å². The van der Waals surface area contributed by atoms with Gasteiger partial charge in [0, 0.05) is 5.56 Å². The normalized spacial score (nSPS) is 13.8. The van der Waals surface area contributed by atoms with E-state index in [9.17, 15) is 9.90 Å². The van der Waals surface area contributed by atoms with Gasteiger partial charge in [-0.05, 0) is 12.5 Å². The molecule has 0 saturated heterocycles. The zero-order chi connectivity index (χ0) is 13.8. The topological polar surface area (TPSA) is 37.3 Å². The fourth-order valence-corrected chi connectivity index (χ4v) is 2.39. The predicted octanol–water partition coefficient (Wildman–Crippen LogP) is 3.67. The molecule has 0 aliphatic carbocycles. The van der Waals surface area contributed by atoms with E-state index < -0.39 is 10.9 Å². The molecule has 2 aromatic carbocycles. The SMILES string of the molecule is Cc1ccc(C(=O)[C@@H](O)[C@H](Br)c2ccccc2)cc1. The van der Waals surface area contributed by atoms with E-state index in [0.717, 1.165) is 11.1 Å². The Balaban J connectivity index is 2.17. The second kappa shape index (κ2) is 6.13. The van der Waals surface area contributed by atoms with E-state index in [1.807, 2.05) is 49.4 Å². The van der Waals surface area contributed by atoms with Gasteiger partial charge < -0.3 is 5.11 Å². The summed E-state index contributed by atoms with van der Waals surface area (Å²) in [6, 6.07) is 16.6. The van der Waals surface area contributed by atoms with Crippen molar-refractivity contribution in [2.75, 3.05) is 0 Å². The van der Waals surface area contributed by atoms with Crippen LogP contribution in [0.15, 0.2) is 54.6 Å². The molecular formula is C16H15BrO2. The number of aliphatic hydroxyl groups is 1. The van der Waals surface area contributed by atoms with Crippen LogP contribution in [0.3, 0.4) is 0 Å². The smallest absolute Gasteiger partial charge is 0.192 e. The highest BCUT2D eigenvalue weighted by Gasteiger charge is 2.25. The van der Waals surface area contributed by atoms with Crippen molar-refractivity contribution < 1.29 is 9.90 Å². The number of hydrogen-bond donors (Lipinski definition) is 1. The van der Waals surface area contributed by atoms with Crippen molar-refractivity contribution in [3.05, 3.63) is 71.3 Å². The van der Waals surface area contributed by atoms with Crippen LogP contribution in [-0.4, -0.2) is 17.0 Å². The van der Waals surface area contributed by atoms with E-state index in [1.54, 1.807) is 12.1 Å². The van der Waals surface area contributed by atoms with Crippen LogP contribution in [0, 0.1) is 6.92 Å². The van der Waals surface area contributed by atoms with E-state index in [1.165, 1.54) is 0 Å². The first-order valence-electron chi connectivity index (χ1n) is 6.07. The summed E-state index contributed by atoms with van der Waals surface area (Å²) in [4.78, 5) is 11.8. The summed E-state index contributed by atoms with van der Waals surface area (Å²) < 4.78 is 0. The predicted molar refractivity (Wildman–Crippen MR) is 79.6 cm³/mol. The molecule has 3 heteroatoms. The van der Waals surface area contributed by atoms with Crippen molar-refractivity contribution in [3.63, 3.8) is 0 Å². The molecule has 2 nitrogen and oxygen atoms in total. The van der Waals surface area contributed by atoms with Crippen LogP contribution < -0.4 is 0 Å². The maximum atomic E-state index is 12.2. The molecule has 0 saturated carbocycles. The fourth-order valence-electron chi connectivity index (χ4n) is 1.84. The van der Waals surface area contributed by atoms with Gasteiger partial charge in [-0.1, -0.05) is 76.1 Å². The van der Waals surface area contributed by atoms with Crippen LogP contribution in [0.25, 0.3) is 0 Å². The molecule has 98 valence electrons. The van der Waals surface area contributed by atoms with Crippen LogP contribution in [0.5, 0.6) is 0 Å². The zero-order valence-electron chi connectivity index (χ0n) is 10.6. The van der Waals surface area contributed by atoms with Gasteiger partial charge in [0.05, 0.1) is 4.83 Å². The molecule has 0 aliphatic heterocycles. The first kappa shape index (κ1) is 14.0. The minimum atomic E-state index is -1.09. The van der Waals surface area contributed by atoms with Gasteiger partial charge in [0.1, 0.15) is 6.10 Å². The van der Waals surface area contributed by atoms with Crippen molar-refractivity contribution in [3.8, 4) is 0 Å². The average Bonchev–Trinajstić information content (AvgIpc) is 2.46. The van der Waals surface area contributed by atoms with Gasteiger partial charge in [0.2, 0.25) is 0 Å². The molecule has 0 amide bonds. The highest BCUT2D eigenvalue weighted by atomic mass is 79.9. The third-order valence-electron chi connectivity index (χ3n) is 3.00. The number of rotatable bonds is 4. The van der Waals surface area contributed by atoms with Crippen molar-refractivity contribution in [2.24, 2.45) is 0 Å². The van der Waals surface area contributed by atoms with Crippen molar-refractivity contribution in [1.29, 1.82) is 0 Å². The lowest BCUT2D eigenvalue weighted by Gasteiger charge is -2.16. The summed E-state index contributed by atoms with van der Waals surface area (Å²) in [5, 5.41) is 10.2. The first-order chi connectivity index (χ1) is 9.09. The van der Waals surface area contributed by atoms with E-state index in [0.29, 0.717) is 5.56 Å². The molecule has 0 aromatic heterocycles. The van der Waals surface area contributed by atoms with Crippen molar-refractivity contribution in [1.82, 2.24) is 0 Å². The lowest BCUT2D eigenvalue weighted by Crippen LogP contribution is -2.25. The summed E-state index contributed by atoms with van der Waals surface area (Å²) in [6.07, 6.45) is -1.09. The molecular weight excluding hydrogens is 304 g/mol. The van der Waals surface area contributed by atoms with Crippen LogP contribution >= 0.6 is 15.9 Å². The molecule has 0 fully saturated rings. The number of alkyl halides is 1. The lowest BCUT2D eigenvalue weighted by atomic mass is 9.99. The third kappa shape index (κ3) is 3.31. The molecule has 2 rings (SSSR count). The standard InChI is InChI=1S/C16H15BrO2/c1-11-7-9-13(10-8-11)15(18)16(19)14(17)12-5-3-2-4-6-12/h2-10,14,16,19H,1H3/t14-,16+/m1/s1. The largest absolute Gasteiger partial charge is 0.383 e. The van der Waals surface area contributed by atoms with Crippen LogP contribution in [-0.2, 0) is 0 Å². The lowest BCUT2D eigenvalue weighted by molar-refractivity contribution is 0.0746. The van der Waals surface area contributed by atoms with Gasteiger partial charge in [0.25, 0.3) is 0 Å². The second-order valence-electron chi connectivity index (χ2n) is 4.49. The summed E-state index contributed by atoms with van der Waals surface area (Å²) in [7, 11) is 0. The van der Waals surface area contributed by atoms with Gasteiger partial charge >= 0.3 is 0 Å². The zero-order valence-corrected chi connectivity index (χ0v) is 12.2. The molecule has 2 atom stereocenters. The van der Waals surface area contributed by atoms with E-state index in [2.05, 4.69) is 15.9 Å². The minimum Gasteiger partial charge on any atom is -0.383 e. The number of aryl methyl sites for hydroxylation is 1. The Kier molecular flexibility index (Phi) is 4.51. The summed E-state index contributed by atoms with van der Waals surface area (Å²) in [5.74, 6) is -0.272. The van der Waals surface area contributed by atoms with Crippen LogP contribution in [0.4, 0.5) is 0 Å². The maximum Gasteiger partial charge on any atom is 0.192 e. The molecule has 19 heavy (non-hydrogen) atoms. The Morgan fingerprint density at radius 1 is 1.05 bits per heavy atom. The summed E-state index contributed by atoms with van der Waals surface area (Å²) in [6.45, 7) is 1.96. The molecule has 0 radical (unpaired) electrons. The van der Waals surface area contributed by atoms with E-state index in [4.69, 9.17) is 0 Å². The number of benzene rings is 2. The number of ketones is 1. The third-order valence-corrected chi connectivity index (χ3v) is 4.03. The second-order valence-corrected chi connectivity index (χ2v) is 5.47. The monoisotopic (exact) mass is 318 g/mol. The number of aliphatic hydroxyl groups excluding tert-OH is 1. The quantitative estimate of drug-likeness (QED) is 0.689. The first-order valence-corrected chi connectivity index (χ1v) is 6.99. The molecule has 2 aromatic rings. The minimum absolute atomic E-state index is 0.272. The average molecular weight is 319 g/mol. The van der Waals surface area contributed by atoms with Gasteiger partial charge in [0.15, 0.2) is 5.78 Å². The van der Waals surface area contributed by atoms with Gasteiger partial charge in [-0.15, -0.1) is 0 Å². The summed E-state index contributed by atoms with van der Waals surface area (Å²) in [5.41, 5.74) is 2.50. The Morgan fingerprint density at radius 2 is 1.63 bits per heavy atom. The highest BCUT2D eigenvalue weighted by Crippen LogP contribution is 2.28. The number of carbonyl (C=O) groups excluding carboxylic acids is 1. The molecule has 0 bridgehead atoms. The van der Waals surface area contributed by atoms with Gasteiger partial charge in [-0.3, -0.25) is 4.79 Å². The fraction of sp³-hybridized carbons (Fsp3) is 0.188. The number of hydrogen-bond acceptors (Lipinski definition) is 2. The van der Waals surface area contributed by atoms with E-state index in [-0.39, 0.29) is 5.78 Å². The number of halogens is 1. The van der Waals surface area contributed by atoms with Gasteiger partial charge in [-0.25, -0.2) is 0 Å². The molecule has 1 N–H and O–H groups in total. The Hall–Kier alpha value is -1.45. The number of carbonyl (C=O) groups is 1. The maximum absolute atomic E-state index is 12.2. The molecule has 0 unspecified atom stereocenters. The molecule has 0 aliphatic rings. The van der Waals surface area contributed by atoms with E-state index >= 15 is 0 Å². The van der Waals surface area contributed by atoms with Crippen LogP contribution in [0.1, 0.15) is 26.3 Å². The molecule has 0 heterocycles. The summed E-state index contributed by atoms with van der Waals surface area (Å²) >= 11 is 3.39. The highest BCUT2D eigenvalue weighted by molar-refractivity contribution is 9.09. The van der Waals surface area contributed by atoms with Crippen molar-refractivity contribution >= 4 is 21.7 Å². The Morgan fingerprint density at radius 3 is 2.21 bits per heavy atom.